The normalized spacial score (nSPS) is 13.1. The SMILES string of the molecule is C[Si]1(C)c2ccccc2-c2cccc(-c3nc(-c4cnc5c(ccc6cc(-c7ccccc7)cnc65)c4)cnc3-c3ccc4ncccc4c3)c21. The van der Waals surface area contributed by atoms with Gasteiger partial charge >= 0.3 is 0 Å². The lowest BCUT2D eigenvalue weighted by molar-refractivity contribution is 1.21. The Hall–Kier alpha value is -6.37. The van der Waals surface area contributed by atoms with Gasteiger partial charge in [-0.1, -0.05) is 110 Å². The summed E-state index contributed by atoms with van der Waals surface area (Å²) in [7, 11) is -2.06. The van der Waals surface area contributed by atoms with Crippen molar-refractivity contribution < 1.29 is 0 Å². The maximum atomic E-state index is 5.48. The van der Waals surface area contributed by atoms with Crippen LogP contribution in [0.2, 0.25) is 13.1 Å². The van der Waals surface area contributed by atoms with Crippen LogP contribution >= 0.6 is 0 Å². The highest BCUT2D eigenvalue weighted by molar-refractivity contribution is 7.04. The molecule has 5 heterocycles. The Morgan fingerprint density at radius 2 is 1.16 bits per heavy atom. The molecule has 5 nitrogen and oxygen atoms in total. The lowest BCUT2D eigenvalue weighted by Crippen LogP contribution is -2.50. The number of fused-ring (bicyclic) bond motifs is 7. The molecule has 4 aromatic heterocycles. The first kappa shape index (κ1) is 29.5. The number of hydrogen-bond donors (Lipinski definition) is 0. The Balaban J connectivity index is 1.15. The third-order valence-corrected chi connectivity index (χ3v) is 14.0. The van der Waals surface area contributed by atoms with Crippen molar-refractivity contribution in [1.82, 2.24) is 24.9 Å². The zero-order valence-corrected chi connectivity index (χ0v) is 29.2. The van der Waals surface area contributed by atoms with Crippen molar-refractivity contribution in [3.05, 3.63) is 152 Å². The van der Waals surface area contributed by atoms with Crippen molar-refractivity contribution >= 4 is 51.2 Å². The molecule has 9 aromatic rings. The first-order valence-corrected chi connectivity index (χ1v) is 20.2. The van der Waals surface area contributed by atoms with Crippen molar-refractivity contribution in [3.63, 3.8) is 0 Å². The summed E-state index contributed by atoms with van der Waals surface area (Å²) in [6.45, 7) is 4.91. The smallest absolute Gasteiger partial charge is 0.114 e. The number of benzene rings is 5. The molecule has 0 atom stereocenters. The van der Waals surface area contributed by atoms with E-state index in [0.29, 0.717) is 0 Å². The van der Waals surface area contributed by atoms with E-state index in [9.17, 15) is 0 Å². The topological polar surface area (TPSA) is 64.5 Å². The molecule has 1 aliphatic rings. The minimum absolute atomic E-state index is 0.783. The predicted molar refractivity (Wildman–Crippen MR) is 212 cm³/mol. The molecule has 0 N–H and O–H groups in total. The van der Waals surface area contributed by atoms with Gasteiger partial charge in [-0.2, -0.15) is 0 Å². The summed E-state index contributed by atoms with van der Waals surface area (Å²) in [6, 6.07) is 45.0. The molecule has 51 heavy (non-hydrogen) atoms. The van der Waals surface area contributed by atoms with Gasteiger partial charge in [0.2, 0.25) is 0 Å². The minimum atomic E-state index is -2.06. The van der Waals surface area contributed by atoms with E-state index >= 15 is 0 Å². The molecule has 0 saturated heterocycles. The number of nitrogens with zero attached hydrogens (tertiary/aromatic N) is 5. The van der Waals surface area contributed by atoms with Gasteiger partial charge < -0.3 is 0 Å². The molecule has 5 aromatic carbocycles. The first-order chi connectivity index (χ1) is 25.0. The Bertz CT molecular complexity index is 2850. The summed E-state index contributed by atoms with van der Waals surface area (Å²) in [5, 5.41) is 6.02. The third kappa shape index (κ3) is 4.71. The van der Waals surface area contributed by atoms with E-state index in [4.69, 9.17) is 19.9 Å². The summed E-state index contributed by atoms with van der Waals surface area (Å²) >= 11 is 0. The van der Waals surface area contributed by atoms with Gasteiger partial charge in [0.1, 0.15) is 8.07 Å². The van der Waals surface area contributed by atoms with Crippen molar-refractivity contribution in [2.75, 3.05) is 0 Å². The second-order valence-electron chi connectivity index (χ2n) is 13.8. The van der Waals surface area contributed by atoms with Crippen LogP contribution in [0.25, 0.3) is 88.7 Å². The molecule has 0 amide bonds. The highest BCUT2D eigenvalue weighted by Gasteiger charge is 2.40. The fourth-order valence-corrected chi connectivity index (χ4v) is 11.4. The van der Waals surface area contributed by atoms with Crippen LogP contribution in [-0.4, -0.2) is 33.0 Å². The molecule has 0 aliphatic carbocycles. The lowest BCUT2D eigenvalue weighted by Gasteiger charge is -2.23. The standard InChI is InChI=1S/C45H31N5Si/c1-51(2)40-16-7-6-13-35(40)36-14-8-15-37(45(36)51)44-43(32-19-20-38-29(22-32)12-9-21-46-38)49-27-39(50-44)34-24-31-18-17-30-23-33(28-10-4-3-5-11-28)25-47-41(30)42(31)48-26-34/h3-27H,1-2H3. The Morgan fingerprint density at radius 1 is 0.451 bits per heavy atom. The molecule has 6 heteroatoms. The molecule has 1 aliphatic heterocycles. The monoisotopic (exact) mass is 669 g/mol. The van der Waals surface area contributed by atoms with E-state index in [-0.39, 0.29) is 0 Å². The fourth-order valence-electron chi connectivity index (χ4n) is 7.92. The van der Waals surface area contributed by atoms with Crippen LogP contribution in [-0.2, 0) is 0 Å². The van der Waals surface area contributed by atoms with E-state index < -0.39 is 8.07 Å². The van der Waals surface area contributed by atoms with Crippen LogP contribution in [0.15, 0.2) is 152 Å². The summed E-state index contributed by atoms with van der Waals surface area (Å²) < 4.78 is 0. The summed E-state index contributed by atoms with van der Waals surface area (Å²) in [5.74, 6) is 0. The molecule has 0 saturated carbocycles. The van der Waals surface area contributed by atoms with Crippen LogP contribution < -0.4 is 10.4 Å². The second kappa shape index (κ2) is 11.3. The highest BCUT2D eigenvalue weighted by Crippen LogP contribution is 2.38. The molecule has 0 unspecified atom stereocenters. The van der Waals surface area contributed by atoms with E-state index in [1.54, 1.807) is 0 Å². The minimum Gasteiger partial charge on any atom is -0.256 e. The second-order valence-corrected chi connectivity index (χ2v) is 18.1. The van der Waals surface area contributed by atoms with Crippen molar-refractivity contribution in [2.24, 2.45) is 0 Å². The molecule has 240 valence electrons. The number of pyridine rings is 3. The highest BCUT2D eigenvalue weighted by atomic mass is 28.3. The van der Waals surface area contributed by atoms with Crippen LogP contribution in [0.3, 0.4) is 0 Å². The van der Waals surface area contributed by atoms with Gasteiger partial charge in [0.05, 0.1) is 39.8 Å². The summed E-state index contributed by atoms with van der Waals surface area (Å²) in [4.78, 5) is 25.1. The Morgan fingerprint density at radius 3 is 2.00 bits per heavy atom. The molecule has 0 radical (unpaired) electrons. The average molecular weight is 670 g/mol. The van der Waals surface area contributed by atoms with Crippen LogP contribution in [0.4, 0.5) is 0 Å². The molecular weight excluding hydrogens is 639 g/mol. The Labute approximate surface area is 296 Å². The number of rotatable bonds is 4. The van der Waals surface area contributed by atoms with Gasteiger partial charge in [0, 0.05) is 57.0 Å². The molecular formula is C45H31N5Si. The lowest BCUT2D eigenvalue weighted by atomic mass is 9.98. The molecule has 0 spiro atoms. The van der Waals surface area contributed by atoms with Crippen molar-refractivity contribution in [2.45, 2.75) is 13.1 Å². The van der Waals surface area contributed by atoms with Gasteiger partial charge in [0.25, 0.3) is 0 Å². The zero-order chi connectivity index (χ0) is 34.1. The quantitative estimate of drug-likeness (QED) is 0.138. The van der Waals surface area contributed by atoms with Crippen LogP contribution in [0.5, 0.6) is 0 Å². The molecule has 0 bridgehead atoms. The third-order valence-electron chi connectivity index (χ3n) is 10.4. The largest absolute Gasteiger partial charge is 0.256 e. The van der Waals surface area contributed by atoms with Gasteiger partial charge in [-0.25, -0.2) is 4.98 Å². The number of hydrogen-bond acceptors (Lipinski definition) is 5. The fraction of sp³-hybridized carbons (Fsp3) is 0.0444. The van der Waals surface area contributed by atoms with E-state index in [1.807, 2.05) is 36.9 Å². The van der Waals surface area contributed by atoms with Gasteiger partial charge in [-0.05, 0) is 57.4 Å². The molecule has 10 rings (SSSR count). The number of aromatic nitrogens is 5. The van der Waals surface area contributed by atoms with E-state index in [0.717, 1.165) is 77.6 Å². The maximum Gasteiger partial charge on any atom is 0.114 e. The van der Waals surface area contributed by atoms with Crippen LogP contribution in [0.1, 0.15) is 0 Å². The van der Waals surface area contributed by atoms with Gasteiger partial charge in [-0.15, -0.1) is 0 Å². The van der Waals surface area contributed by atoms with Gasteiger partial charge in [0.15, 0.2) is 0 Å². The first-order valence-electron chi connectivity index (χ1n) is 17.2. The summed E-state index contributed by atoms with van der Waals surface area (Å²) in [6.07, 6.45) is 7.57. The predicted octanol–water partition coefficient (Wildman–Crippen LogP) is 9.59. The zero-order valence-electron chi connectivity index (χ0n) is 28.2. The Kier molecular flexibility index (Phi) is 6.56. The van der Waals surface area contributed by atoms with E-state index in [1.165, 1.54) is 21.5 Å². The van der Waals surface area contributed by atoms with Crippen molar-refractivity contribution in [1.29, 1.82) is 0 Å². The van der Waals surface area contributed by atoms with Gasteiger partial charge in [-0.3, -0.25) is 19.9 Å². The van der Waals surface area contributed by atoms with E-state index in [2.05, 4.69) is 133 Å². The van der Waals surface area contributed by atoms with Crippen LogP contribution in [0, 0.1) is 0 Å². The van der Waals surface area contributed by atoms with Crippen molar-refractivity contribution in [3.8, 4) is 56.0 Å². The maximum absolute atomic E-state index is 5.48. The average Bonchev–Trinajstić information content (AvgIpc) is 3.43. The summed E-state index contributed by atoms with van der Waals surface area (Å²) in [5.41, 5.74) is 13.2. The molecule has 0 fully saturated rings.